The van der Waals surface area contributed by atoms with E-state index in [0.29, 0.717) is 0 Å². The molecule has 1 aromatic carbocycles. The van der Waals surface area contributed by atoms with Gasteiger partial charge in [-0.15, -0.1) is 0 Å². The summed E-state index contributed by atoms with van der Waals surface area (Å²) in [5.41, 5.74) is 6.25. The second kappa shape index (κ2) is 4.46. The maximum atomic E-state index is 4.65. The molecule has 3 nitrogen and oxygen atoms in total. The van der Waals surface area contributed by atoms with E-state index in [4.69, 9.17) is 0 Å². The topological polar surface area (TPSA) is 30.2 Å². The van der Waals surface area contributed by atoms with Gasteiger partial charge in [-0.05, 0) is 32.9 Å². The number of benzene rings is 1. The van der Waals surface area contributed by atoms with Crippen LogP contribution in [0.25, 0.3) is 16.8 Å². The number of hydrogen-bond acceptors (Lipinski definition) is 2. The van der Waals surface area contributed by atoms with Crippen LogP contribution in [-0.2, 0) is 0 Å². The Balaban J connectivity index is 2.42. The van der Waals surface area contributed by atoms with Gasteiger partial charge in [0.25, 0.3) is 0 Å². The third kappa shape index (κ3) is 1.96. The molecule has 0 aliphatic carbocycles. The van der Waals surface area contributed by atoms with Crippen molar-refractivity contribution in [1.82, 2.24) is 14.6 Å². The van der Waals surface area contributed by atoms with Crippen molar-refractivity contribution < 1.29 is 0 Å². The molecule has 2 aromatic heterocycles. The fourth-order valence-corrected chi connectivity index (χ4v) is 2.89. The third-order valence-corrected chi connectivity index (χ3v) is 3.90. The fourth-order valence-electron chi connectivity index (χ4n) is 2.41. The highest BCUT2D eigenvalue weighted by Crippen LogP contribution is 2.33. The van der Waals surface area contributed by atoms with E-state index in [2.05, 4.69) is 39.0 Å². The maximum Gasteiger partial charge on any atom is 0.163 e. The van der Waals surface area contributed by atoms with Gasteiger partial charge < -0.3 is 0 Å². The summed E-state index contributed by atoms with van der Waals surface area (Å²) < 4.78 is 2.98. The lowest BCUT2D eigenvalue weighted by molar-refractivity contribution is 0.870. The molecule has 3 aromatic rings. The second-order valence-corrected chi connectivity index (χ2v) is 5.57. The molecule has 19 heavy (non-hydrogen) atoms. The van der Waals surface area contributed by atoms with Crippen molar-refractivity contribution in [1.29, 1.82) is 0 Å². The molecular weight excluding hydrogens is 302 g/mol. The Bertz CT molecular complexity index is 774. The predicted octanol–water partition coefficient (Wildman–Crippen LogP) is 4.08. The predicted molar refractivity (Wildman–Crippen MR) is 80.3 cm³/mol. The highest BCUT2D eigenvalue weighted by atomic mass is 79.9. The molecule has 0 bridgehead atoms. The minimum absolute atomic E-state index is 0.918. The van der Waals surface area contributed by atoms with Crippen LogP contribution in [0.4, 0.5) is 0 Å². The van der Waals surface area contributed by atoms with Gasteiger partial charge in [-0.3, -0.25) is 0 Å². The number of hydrogen-bond donors (Lipinski definition) is 0. The Hall–Kier alpha value is -1.68. The van der Waals surface area contributed by atoms with Crippen LogP contribution in [0.15, 0.2) is 34.8 Å². The number of nitrogens with zero attached hydrogens (tertiary/aromatic N) is 3. The zero-order chi connectivity index (χ0) is 13.6. The molecule has 3 rings (SSSR count). The summed E-state index contributed by atoms with van der Waals surface area (Å²) in [6, 6.07) is 10.2. The molecule has 0 N–H and O–H groups in total. The molecule has 4 heteroatoms. The minimum Gasteiger partial charge on any atom is -0.233 e. The van der Waals surface area contributed by atoms with E-state index in [0.717, 1.165) is 38.3 Å². The van der Waals surface area contributed by atoms with Crippen LogP contribution in [0, 0.1) is 20.8 Å². The average Bonchev–Trinajstić information content (AvgIpc) is 2.67. The van der Waals surface area contributed by atoms with E-state index >= 15 is 0 Å². The first-order chi connectivity index (χ1) is 9.08. The van der Waals surface area contributed by atoms with Crippen molar-refractivity contribution in [2.75, 3.05) is 0 Å². The van der Waals surface area contributed by atoms with Gasteiger partial charge in [0.05, 0.1) is 11.3 Å². The summed E-state index contributed by atoms with van der Waals surface area (Å²) in [4.78, 5) is 4.65. The largest absolute Gasteiger partial charge is 0.233 e. The summed E-state index contributed by atoms with van der Waals surface area (Å²) in [7, 11) is 0. The second-order valence-electron chi connectivity index (χ2n) is 4.71. The van der Waals surface area contributed by atoms with Crippen LogP contribution in [-0.4, -0.2) is 14.6 Å². The maximum absolute atomic E-state index is 4.65. The number of aryl methyl sites for hydroxylation is 3. The molecule has 0 amide bonds. The Morgan fingerprint density at radius 2 is 1.84 bits per heavy atom. The lowest BCUT2D eigenvalue weighted by Gasteiger charge is -2.05. The lowest BCUT2D eigenvalue weighted by atomic mass is 10.1. The lowest BCUT2D eigenvalue weighted by Crippen LogP contribution is -1.97. The monoisotopic (exact) mass is 315 g/mol. The van der Waals surface area contributed by atoms with E-state index in [1.165, 1.54) is 0 Å². The molecule has 0 saturated carbocycles. The van der Waals surface area contributed by atoms with Crippen molar-refractivity contribution in [2.24, 2.45) is 0 Å². The van der Waals surface area contributed by atoms with Crippen LogP contribution in [0.3, 0.4) is 0 Å². The van der Waals surface area contributed by atoms with Gasteiger partial charge in [0.2, 0.25) is 0 Å². The Kier molecular flexibility index (Phi) is 2.90. The Morgan fingerprint density at radius 3 is 2.58 bits per heavy atom. The first-order valence-corrected chi connectivity index (χ1v) is 6.95. The number of rotatable bonds is 1. The zero-order valence-corrected chi connectivity index (χ0v) is 12.7. The summed E-state index contributed by atoms with van der Waals surface area (Å²) in [5, 5.41) is 4.60. The van der Waals surface area contributed by atoms with Crippen molar-refractivity contribution in [3.05, 3.63) is 51.9 Å². The molecule has 0 fully saturated rings. The van der Waals surface area contributed by atoms with Gasteiger partial charge in [0, 0.05) is 21.4 Å². The van der Waals surface area contributed by atoms with Crippen molar-refractivity contribution in [3.63, 3.8) is 0 Å². The molecule has 0 aliphatic heterocycles. The molecule has 0 unspecified atom stereocenters. The molecule has 0 spiro atoms. The SMILES string of the molecule is Cc1cc(C)n2nc(C)c(-c3ccccc3Br)c2n1. The van der Waals surface area contributed by atoms with Gasteiger partial charge >= 0.3 is 0 Å². The van der Waals surface area contributed by atoms with E-state index in [-0.39, 0.29) is 0 Å². The molecule has 96 valence electrons. The standard InChI is InChI=1S/C15H14BrN3/c1-9-8-10(2)19-15(17-9)14(11(3)18-19)12-6-4-5-7-13(12)16/h4-8H,1-3H3. The van der Waals surface area contributed by atoms with Crippen molar-refractivity contribution in [2.45, 2.75) is 20.8 Å². The van der Waals surface area contributed by atoms with Crippen LogP contribution in [0.1, 0.15) is 17.1 Å². The summed E-state index contributed by atoms with van der Waals surface area (Å²) in [6.07, 6.45) is 0. The molecule has 0 atom stereocenters. The summed E-state index contributed by atoms with van der Waals surface area (Å²) >= 11 is 3.61. The van der Waals surface area contributed by atoms with Crippen molar-refractivity contribution in [3.8, 4) is 11.1 Å². The van der Waals surface area contributed by atoms with Gasteiger partial charge in [-0.1, -0.05) is 34.1 Å². The van der Waals surface area contributed by atoms with Gasteiger partial charge in [-0.25, -0.2) is 9.50 Å². The normalized spacial score (nSPS) is 11.2. The highest BCUT2D eigenvalue weighted by Gasteiger charge is 2.16. The quantitative estimate of drug-likeness (QED) is 0.677. The van der Waals surface area contributed by atoms with Crippen LogP contribution in [0.5, 0.6) is 0 Å². The molecule has 0 radical (unpaired) electrons. The highest BCUT2D eigenvalue weighted by molar-refractivity contribution is 9.10. The number of halogens is 1. The Morgan fingerprint density at radius 1 is 1.11 bits per heavy atom. The van der Waals surface area contributed by atoms with Crippen LogP contribution >= 0.6 is 15.9 Å². The third-order valence-electron chi connectivity index (χ3n) is 3.21. The van der Waals surface area contributed by atoms with E-state index < -0.39 is 0 Å². The van der Waals surface area contributed by atoms with Crippen LogP contribution < -0.4 is 0 Å². The molecule has 0 saturated heterocycles. The van der Waals surface area contributed by atoms with E-state index in [1.54, 1.807) is 0 Å². The average molecular weight is 316 g/mol. The number of aromatic nitrogens is 3. The zero-order valence-electron chi connectivity index (χ0n) is 11.1. The first kappa shape index (κ1) is 12.4. The smallest absolute Gasteiger partial charge is 0.163 e. The first-order valence-electron chi connectivity index (χ1n) is 6.16. The van der Waals surface area contributed by atoms with Gasteiger partial charge in [0.15, 0.2) is 5.65 Å². The Labute approximate surface area is 120 Å². The van der Waals surface area contributed by atoms with E-state index in [1.807, 2.05) is 42.6 Å². The molecule has 0 aliphatic rings. The molecular formula is C15H14BrN3. The van der Waals surface area contributed by atoms with Crippen molar-refractivity contribution >= 4 is 21.6 Å². The van der Waals surface area contributed by atoms with Gasteiger partial charge in [-0.2, -0.15) is 5.10 Å². The van der Waals surface area contributed by atoms with Gasteiger partial charge in [0.1, 0.15) is 0 Å². The fraction of sp³-hybridized carbons (Fsp3) is 0.200. The molecule has 2 heterocycles. The summed E-state index contributed by atoms with van der Waals surface area (Å²) in [6.45, 7) is 6.09. The minimum atomic E-state index is 0.918. The summed E-state index contributed by atoms with van der Waals surface area (Å²) in [5.74, 6) is 0. The van der Waals surface area contributed by atoms with Crippen LogP contribution in [0.2, 0.25) is 0 Å². The number of fused-ring (bicyclic) bond motifs is 1. The van der Waals surface area contributed by atoms with E-state index in [9.17, 15) is 0 Å².